The van der Waals surface area contributed by atoms with Crippen LogP contribution in [0.25, 0.3) is 0 Å². The van der Waals surface area contributed by atoms with E-state index in [0.717, 1.165) is 18.8 Å². The minimum absolute atomic E-state index is 0.274. The van der Waals surface area contributed by atoms with Crippen molar-refractivity contribution in [2.24, 2.45) is 0 Å². The minimum atomic E-state index is -0.274. The summed E-state index contributed by atoms with van der Waals surface area (Å²) in [4.78, 5) is 2.09. The van der Waals surface area contributed by atoms with Crippen LogP contribution in [0, 0.1) is 0 Å². The smallest absolute Gasteiger partial charge is 0.102 e. The van der Waals surface area contributed by atoms with Gasteiger partial charge in [0.15, 0.2) is 0 Å². The Morgan fingerprint density at radius 1 is 1.31 bits per heavy atom. The second-order valence-electron chi connectivity index (χ2n) is 3.43. The first kappa shape index (κ1) is 8.51. The molecule has 0 unspecified atom stereocenters. The monoisotopic (exact) mass is 180 g/mol. The number of nitrogen functional groups attached to an aromatic ring is 1. The fraction of sp³-hybridized carbons (Fsp3) is 0.400. The molecule has 1 aliphatic rings. The average molecular weight is 180 g/mol. The van der Waals surface area contributed by atoms with E-state index in [4.69, 9.17) is 5.73 Å². The molecule has 13 heavy (non-hydrogen) atoms. The summed E-state index contributed by atoms with van der Waals surface area (Å²) in [5, 5.41) is 0. The second-order valence-corrected chi connectivity index (χ2v) is 3.43. The minimum Gasteiger partial charge on any atom is -0.399 e. The van der Waals surface area contributed by atoms with Gasteiger partial charge in [0.05, 0.1) is 0 Å². The van der Waals surface area contributed by atoms with Crippen molar-refractivity contribution < 1.29 is 4.39 Å². The van der Waals surface area contributed by atoms with E-state index in [-0.39, 0.29) is 6.67 Å². The number of benzene rings is 1. The molecule has 70 valence electrons. The molecule has 1 aromatic carbocycles. The maximum atomic E-state index is 12.1. The summed E-state index contributed by atoms with van der Waals surface area (Å²) in [6.45, 7) is 1.95. The Kier molecular flexibility index (Phi) is 2.19. The standard InChI is InChI=1S/C10H13FN2/c11-3-4-13-6-8-1-2-10(12)5-9(8)7-13/h1-2,5H,3-4,6-7,12H2. The first-order valence-corrected chi connectivity index (χ1v) is 4.45. The molecule has 0 radical (unpaired) electrons. The molecule has 2 nitrogen and oxygen atoms in total. The van der Waals surface area contributed by atoms with Gasteiger partial charge < -0.3 is 5.73 Å². The number of halogens is 1. The van der Waals surface area contributed by atoms with E-state index in [2.05, 4.69) is 4.90 Å². The van der Waals surface area contributed by atoms with Crippen molar-refractivity contribution in [1.29, 1.82) is 0 Å². The molecular formula is C10H13FN2. The van der Waals surface area contributed by atoms with Crippen LogP contribution in [0.15, 0.2) is 18.2 Å². The van der Waals surface area contributed by atoms with Crippen LogP contribution in [0.1, 0.15) is 11.1 Å². The van der Waals surface area contributed by atoms with Crippen LogP contribution in [0.5, 0.6) is 0 Å². The molecule has 3 heteroatoms. The maximum absolute atomic E-state index is 12.1. The van der Waals surface area contributed by atoms with Gasteiger partial charge in [0.25, 0.3) is 0 Å². The van der Waals surface area contributed by atoms with Crippen molar-refractivity contribution in [3.05, 3.63) is 29.3 Å². The fourth-order valence-corrected chi connectivity index (χ4v) is 1.76. The van der Waals surface area contributed by atoms with Crippen LogP contribution >= 0.6 is 0 Å². The molecule has 0 bridgehead atoms. The zero-order chi connectivity index (χ0) is 9.26. The van der Waals surface area contributed by atoms with Gasteiger partial charge in [0.2, 0.25) is 0 Å². The van der Waals surface area contributed by atoms with Gasteiger partial charge in [-0.2, -0.15) is 0 Å². The summed E-state index contributed by atoms with van der Waals surface area (Å²) in [5.74, 6) is 0. The first-order valence-electron chi connectivity index (χ1n) is 4.45. The molecule has 1 heterocycles. The van der Waals surface area contributed by atoms with Gasteiger partial charge in [-0.15, -0.1) is 0 Å². The number of nitrogens with two attached hydrogens (primary N) is 1. The van der Waals surface area contributed by atoms with Crippen LogP contribution in [0.4, 0.5) is 10.1 Å². The highest BCUT2D eigenvalue weighted by Gasteiger charge is 2.17. The van der Waals surface area contributed by atoms with Gasteiger partial charge in [0.1, 0.15) is 6.67 Å². The van der Waals surface area contributed by atoms with E-state index in [9.17, 15) is 4.39 Å². The average Bonchev–Trinajstić information content (AvgIpc) is 2.46. The Balaban J connectivity index is 2.16. The molecule has 2 rings (SSSR count). The van der Waals surface area contributed by atoms with Gasteiger partial charge in [-0.3, -0.25) is 4.90 Å². The fourth-order valence-electron chi connectivity index (χ4n) is 1.76. The molecule has 0 spiro atoms. The molecule has 0 aliphatic carbocycles. The Morgan fingerprint density at radius 3 is 2.85 bits per heavy atom. The zero-order valence-electron chi connectivity index (χ0n) is 7.46. The van der Waals surface area contributed by atoms with Gasteiger partial charge in [-0.1, -0.05) is 6.07 Å². The largest absolute Gasteiger partial charge is 0.399 e. The van der Waals surface area contributed by atoms with Gasteiger partial charge in [-0.05, 0) is 23.3 Å². The summed E-state index contributed by atoms with van der Waals surface area (Å²) < 4.78 is 12.1. The molecule has 2 N–H and O–H groups in total. The first-order chi connectivity index (χ1) is 6.29. The van der Waals surface area contributed by atoms with Crippen LogP contribution in [0.2, 0.25) is 0 Å². The number of nitrogens with zero attached hydrogens (tertiary/aromatic N) is 1. The molecule has 0 fully saturated rings. The molecule has 0 saturated carbocycles. The Bertz CT molecular complexity index is 312. The third-order valence-electron chi connectivity index (χ3n) is 2.42. The zero-order valence-corrected chi connectivity index (χ0v) is 7.46. The number of anilines is 1. The van der Waals surface area contributed by atoms with Crippen LogP contribution in [0.3, 0.4) is 0 Å². The third kappa shape index (κ3) is 1.65. The summed E-state index contributed by atoms with van der Waals surface area (Å²) in [5.41, 5.74) is 8.97. The lowest BCUT2D eigenvalue weighted by Crippen LogP contribution is -2.18. The van der Waals surface area contributed by atoms with Crippen LogP contribution in [-0.2, 0) is 13.1 Å². The maximum Gasteiger partial charge on any atom is 0.102 e. The molecule has 0 saturated heterocycles. The predicted molar refractivity (Wildman–Crippen MR) is 50.9 cm³/mol. The number of rotatable bonds is 2. The molecular weight excluding hydrogens is 167 g/mol. The van der Waals surface area contributed by atoms with E-state index in [1.54, 1.807) is 0 Å². The SMILES string of the molecule is Nc1ccc2c(c1)CN(CCF)C2. The number of hydrogen-bond donors (Lipinski definition) is 1. The highest BCUT2D eigenvalue weighted by molar-refractivity contribution is 5.46. The van der Waals surface area contributed by atoms with E-state index in [1.807, 2.05) is 18.2 Å². The van der Waals surface area contributed by atoms with Crippen molar-refractivity contribution in [3.8, 4) is 0 Å². The summed E-state index contributed by atoms with van der Waals surface area (Å²) >= 11 is 0. The summed E-state index contributed by atoms with van der Waals surface area (Å²) in [6.07, 6.45) is 0. The molecule has 0 aromatic heterocycles. The Hall–Kier alpha value is -1.09. The van der Waals surface area contributed by atoms with Crippen LogP contribution < -0.4 is 5.73 Å². The molecule has 1 aliphatic heterocycles. The summed E-state index contributed by atoms with van der Waals surface area (Å²) in [6, 6.07) is 5.91. The van der Waals surface area contributed by atoms with E-state index in [1.165, 1.54) is 11.1 Å². The van der Waals surface area contributed by atoms with E-state index < -0.39 is 0 Å². The van der Waals surface area contributed by atoms with Crippen molar-refractivity contribution in [2.75, 3.05) is 19.0 Å². The number of fused-ring (bicyclic) bond motifs is 1. The highest BCUT2D eigenvalue weighted by atomic mass is 19.1. The third-order valence-corrected chi connectivity index (χ3v) is 2.42. The molecule has 1 aromatic rings. The van der Waals surface area contributed by atoms with Gasteiger partial charge in [0, 0.05) is 25.3 Å². The predicted octanol–water partition coefficient (Wildman–Crippen LogP) is 1.55. The lowest BCUT2D eigenvalue weighted by molar-refractivity contribution is 0.255. The van der Waals surface area contributed by atoms with Crippen LogP contribution in [-0.4, -0.2) is 18.1 Å². The van der Waals surface area contributed by atoms with Crippen molar-refractivity contribution in [3.63, 3.8) is 0 Å². The normalized spacial score (nSPS) is 16.1. The van der Waals surface area contributed by atoms with E-state index in [0.29, 0.717) is 6.54 Å². The summed E-state index contributed by atoms with van der Waals surface area (Å²) in [7, 11) is 0. The Labute approximate surface area is 77.2 Å². The van der Waals surface area contributed by atoms with Gasteiger partial charge in [-0.25, -0.2) is 4.39 Å². The van der Waals surface area contributed by atoms with Crippen molar-refractivity contribution in [1.82, 2.24) is 4.90 Å². The second kappa shape index (κ2) is 3.34. The number of alkyl halides is 1. The molecule has 0 atom stereocenters. The van der Waals surface area contributed by atoms with E-state index >= 15 is 0 Å². The van der Waals surface area contributed by atoms with Crippen molar-refractivity contribution in [2.45, 2.75) is 13.1 Å². The van der Waals surface area contributed by atoms with Crippen molar-refractivity contribution >= 4 is 5.69 Å². The topological polar surface area (TPSA) is 29.3 Å². The van der Waals surface area contributed by atoms with Gasteiger partial charge >= 0.3 is 0 Å². The lowest BCUT2D eigenvalue weighted by atomic mass is 10.1. The highest BCUT2D eigenvalue weighted by Crippen LogP contribution is 2.24. The number of hydrogen-bond acceptors (Lipinski definition) is 2. The Morgan fingerprint density at radius 2 is 2.08 bits per heavy atom. The quantitative estimate of drug-likeness (QED) is 0.700. The lowest BCUT2D eigenvalue weighted by Gasteiger charge is -2.10. The molecule has 0 amide bonds.